The fourth-order valence-electron chi connectivity index (χ4n) is 4.57. The molecule has 200 valence electrons. The van der Waals surface area contributed by atoms with Crippen molar-refractivity contribution in [1.29, 1.82) is 0 Å². The molecule has 0 radical (unpaired) electrons. The molecule has 5 nitrogen and oxygen atoms in total. The van der Waals surface area contributed by atoms with Crippen LogP contribution < -0.4 is 20.4 Å². The maximum Gasteiger partial charge on any atom is 0.258 e. The highest BCUT2D eigenvalue weighted by Crippen LogP contribution is 2.31. The van der Waals surface area contributed by atoms with Gasteiger partial charge in [0.05, 0.1) is 0 Å². The molecule has 1 saturated heterocycles. The van der Waals surface area contributed by atoms with Gasteiger partial charge in [-0.1, -0.05) is 36.4 Å². The largest absolute Gasteiger partial charge is 0.368 e. The molecule has 5 rings (SSSR count). The standard InChI is InChI=1S/C28H21F5N4OS/c29-21-22(30)24(32)26(25(33)23(21)31)37-14-12-36(13-15-37)18-10-8-17(9-11-18)34-28(39)35-27(38)20-7-3-5-16-4-1-2-6-19(16)20/h1-11H,12-15H2,(H2,34,35,38,39). The number of hydrogen-bond acceptors (Lipinski definition) is 4. The van der Waals surface area contributed by atoms with Crippen molar-refractivity contribution in [3.05, 3.63) is 101 Å². The van der Waals surface area contributed by atoms with E-state index < -0.39 is 34.8 Å². The van der Waals surface area contributed by atoms with Gasteiger partial charge >= 0.3 is 0 Å². The van der Waals surface area contributed by atoms with Gasteiger partial charge < -0.3 is 15.1 Å². The Morgan fingerprint density at radius 2 is 1.26 bits per heavy atom. The Balaban J connectivity index is 1.19. The molecular formula is C28H21F5N4OS. The summed E-state index contributed by atoms with van der Waals surface area (Å²) in [6, 6.07) is 20.1. The fourth-order valence-corrected chi connectivity index (χ4v) is 4.78. The number of thiocarbonyl (C=S) groups is 1. The summed E-state index contributed by atoms with van der Waals surface area (Å²) in [6.07, 6.45) is 0. The molecule has 0 spiro atoms. The highest BCUT2D eigenvalue weighted by atomic mass is 32.1. The van der Waals surface area contributed by atoms with Gasteiger partial charge in [0.25, 0.3) is 5.91 Å². The number of fused-ring (bicyclic) bond motifs is 1. The van der Waals surface area contributed by atoms with E-state index in [0.717, 1.165) is 21.4 Å². The van der Waals surface area contributed by atoms with Crippen LogP contribution in [0.2, 0.25) is 0 Å². The molecule has 1 aliphatic heterocycles. The molecular weight excluding hydrogens is 535 g/mol. The Labute approximate surface area is 225 Å². The van der Waals surface area contributed by atoms with E-state index >= 15 is 0 Å². The smallest absolute Gasteiger partial charge is 0.258 e. The van der Waals surface area contributed by atoms with Gasteiger partial charge in [-0.2, -0.15) is 0 Å². The summed E-state index contributed by atoms with van der Waals surface area (Å²) in [4.78, 5) is 15.9. The van der Waals surface area contributed by atoms with Crippen molar-refractivity contribution >= 4 is 51.1 Å². The second-order valence-corrected chi connectivity index (χ2v) is 9.28. The number of rotatable bonds is 4. The van der Waals surface area contributed by atoms with Crippen LogP contribution in [0.15, 0.2) is 66.7 Å². The zero-order valence-corrected chi connectivity index (χ0v) is 21.1. The second-order valence-electron chi connectivity index (χ2n) is 8.87. The van der Waals surface area contributed by atoms with Crippen molar-refractivity contribution in [3.63, 3.8) is 0 Å². The van der Waals surface area contributed by atoms with Crippen LogP contribution in [0.25, 0.3) is 10.8 Å². The molecule has 0 unspecified atom stereocenters. The lowest BCUT2D eigenvalue weighted by atomic mass is 10.0. The van der Waals surface area contributed by atoms with Crippen LogP contribution in [0.4, 0.5) is 39.0 Å². The van der Waals surface area contributed by atoms with Gasteiger partial charge in [0, 0.05) is 43.1 Å². The van der Waals surface area contributed by atoms with E-state index in [0.29, 0.717) is 24.3 Å². The SMILES string of the molecule is O=C(NC(=S)Nc1ccc(N2CCN(c3c(F)c(F)c(F)c(F)c3F)CC2)cc1)c1cccc2ccccc12. The van der Waals surface area contributed by atoms with Crippen LogP contribution in [0.3, 0.4) is 0 Å². The van der Waals surface area contributed by atoms with Crippen LogP contribution in [0.5, 0.6) is 0 Å². The van der Waals surface area contributed by atoms with Gasteiger partial charge in [0.2, 0.25) is 5.82 Å². The van der Waals surface area contributed by atoms with E-state index in [1.807, 2.05) is 35.2 Å². The molecule has 1 fully saturated rings. The minimum absolute atomic E-state index is 0.0582. The topological polar surface area (TPSA) is 47.6 Å². The Morgan fingerprint density at radius 1 is 0.692 bits per heavy atom. The van der Waals surface area contributed by atoms with Gasteiger partial charge in [-0.3, -0.25) is 10.1 Å². The first-order chi connectivity index (χ1) is 18.7. The molecule has 2 N–H and O–H groups in total. The average molecular weight is 557 g/mol. The highest BCUT2D eigenvalue weighted by molar-refractivity contribution is 7.80. The molecule has 0 atom stereocenters. The number of nitrogens with zero attached hydrogens (tertiary/aromatic N) is 2. The Kier molecular flexibility index (Phi) is 7.34. The summed E-state index contributed by atoms with van der Waals surface area (Å²) in [5.41, 5.74) is 1.01. The van der Waals surface area contributed by atoms with E-state index in [2.05, 4.69) is 10.6 Å². The monoisotopic (exact) mass is 556 g/mol. The van der Waals surface area contributed by atoms with Crippen LogP contribution in [0.1, 0.15) is 10.4 Å². The predicted molar refractivity (Wildman–Crippen MR) is 145 cm³/mol. The molecule has 1 heterocycles. The van der Waals surface area contributed by atoms with Crippen molar-refractivity contribution in [1.82, 2.24) is 5.32 Å². The van der Waals surface area contributed by atoms with Crippen molar-refractivity contribution < 1.29 is 26.7 Å². The summed E-state index contributed by atoms with van der Waals surface area (Å²) in [5.74, 6) is -10.1. The van der Waals surface area contributed by atoms with Crippen molar-refractivity contribution in [2.45, 2.75) is 0 Å². The zero-order chi connectivity index (χ0) is 27.7. The maximum atomic E-state index is 14.2. The summed E-state index contributed by atoms with van der Waals surface area (Å²) in [5, 5.41) is 7.52. The minimum Gasteiger partial charge on any atom is -0.368 e. The van der Waals surface area contributed by atoms with Crippen molar-refractivity contribution in [3.8, 4) is 0 Å². The van der Waals surface area contributed by atoms with E-state index in [4.69, 9.17) is 12.2 Å². The molecule has 4 aromatic rings. The molecule has 39 heavy (non-hydrogen) atoms. The lowest BCUT2D eigenvalue weighted by Crippen LogP contribution is -2.47. The summed E-state index contributed by atoms with van der Waals surface area (Å²) < 4.78 is 68.9. The first-order valence-corrected chi connectivity index (χ1v) is 12.4. The maximum absolute atomic E-state index is 14.2. The third-order valence-electron chi connectivity index (χ3n) is 6.53. The fraction of sp³-hybridized carbons (Fsp3) is 0.143. The third-order valence-corrected chi connectivity index (χ3v) is 6.74. The molecule has 0 aliphatic carbocycles. The lowest BCUT2D eigenvalue weighted by Gasteiger charge is -2.37. The van der Waals surface area contributed by atoms with Crippen LogP contribution in [-0.2, 0) is 0 Å². The third kappa shape index (κ3) is 5.22. The molecule has 0 aromatic heterocycles. The Morgan fingerprint density at radius 3 is 1.92 bits per heavy atom. The first kappa shape index (κ1) is 26.4. The number of carbonyl (C=O) groups is 1. The minimum atomic E-state index is -2.17. The van der Waals surface area contributed by atoms with Crippen LogP contribution in [0, 0.1) is 29.1 Å². The lowest BCUT2D eigenvalue weighted by molar-refractivity contribution is 0.0979. The first-order valence-electron chi connectivity index (χ1n) is 12.0. The van der Waals surface area contributed by atoms with Crippen LogP contribution in [-0.4, -0.2) is 37.2 Å². The number of amides is 1. The number of anilines is 3. The summed E-state index contributed by atoms with van der Waals surface area (Å²) in [6.45, 7) is 0.711. The molecule has 0 bridgehead atoms. The molecule has 0 saturated carbocycles. The quantitative estimate of drug-likeness (QED) is 0.140. The average Bonchev–Trinajstić information content (AvgIpc) is 2.95. The number of benzene rings is 4. The van der Waals surface area contributed by atoms with E-state index in [-0.39, 0.29) is 24.1 Å². The Hall–Kier alpha value is -4.25. The second kappa shape index (κ2) is 10.9. The molecule has 1 aliphatic rings. The zero-order valence-electron chi connectivity index (χ0n) is 20.3. The van der Waals surface area contributed by atoms with E-state index in [1.54, 1.807) is 36.4 Å². The van der Waals surface area contributed by atoms with E-state index in [1.165, 1.54) is 0 Å². The molecule has 1 amide bonds. The molecule has 11 heteroatoms. The van der Waals surface area contributed by atoms with Gasteiger partial charge in [-0.15, -0.1) is 0 Å². The Bertz CT molecular complexity index is 1540. The van der Waals surface area contributed by atoms with E-state index in [9.17, 15) is 26.7 Å². The number of piperazine rings is 1. The number of nitrogens with one attached hydrogen (secondary N) is 2. The number of carbonyl (C=O) groups excluding carboxylic acids is 1. The van der Waals surface area contributed by atoms with Crippen LogP contribution >= 0.6 is 12.2 Å². The number of hydrogen-bond donors (Lipinski definition) is 2. The normalized spacial score (nSPS) is 13.5. The van der Waals surface area contributed by atoms with Crippen molar-refractivity contribution in [2.75, 3.05) is 41.3 Å². The van der Waals surface area contributed by atoms with Crippen molar-refractivity contribution in [2.24, 2.45) is 0 Å². The summed E-state index contributed by atoms with van der Waals surface area (Å²) >= 11 is 5.30. The van der Waals surface area contributed by atoms with Gasteiger partial charge in [-0.25, -0.2) is 22.0 Å². The summed E-state index contributed by atoms with van der Waals surface area (Å²) in [7, 11) is 0. The molecule has 4 aromatic carbocycles. The van der Waals surface area contributed by atoms with Gasteiger partial charge in [0.1, 0.15) is 5.69 Å². The number of halogens is 5. The predicted octanol–water partition coefficient (Wildman–Crippen LogP) is 5.99. The van der Waals surface area contributed by atoms with Gasteiger partial charge in [-0.05, 0) is 53.3 Å². The highest BCUT2D eigenvalue weighted by Gasteiger charge is 2.30. The van der Waals surface area contributed by atoms with Gasteiger partial charge in [0.15, 0.2) is 28.4 Å².